The number of aryl methyl sites for hydroxylation is 1. The molecule has 0 amide bonds. The van der Waals surface area contributed by atoms with Gasteiger partial charge in [-0.25, -0.2) is 4.98 Å². The SMILES string of the molecule is CCCC(OCC)c1nc2c(s1)CCCC2C(=O)O. The second-order valence-electron chi connectivity index (χ2n) is 4.88. The fourth-order valence-corrected chi connectivity index (χ4v) is 3.81. The van der Waals surface area contributed by atoms with Gasteiger partial charge >= 0.3 is 5.97 Å². The summed E-state index contributed by atoms with van der Waals surface area (Å²) in [6.45, 7) is 4.77. The van der Waals surface area contributed by atoms with Gasteiger partial charge in [-0.15, -0.1) is 11.3 Å². The molecule has 1 heterocycles. The fourth-order valence-electron chi connectivity index (χ4n) is 2.56. The van der Waals surface area contributed by atoms with E-state index in [4.69, 9.17) is 4.74 Å². The van der Waals surface area contributed by atoms with E-state index >= 15 is 0 Å². The maximum absolute atomic E-state index is 11.3. The van der Waals surface area contributed by atoms with E-state index < -0.39 is 11.9 Å². The zero-order valence-corrected chi connectivity index (χ0v) is 12.3. The summed E-state index contributed by atoms with van der Waals surface area (Å²) in [5, 5.41) is 10.2. The minimum Gasteiger partial charge on any atom is -0.481 e. The quantitative estimate of drug-likeness (QED) is 0.867. The molecule has 4 nitrogen and oxygen atoms in total. The monoisotopic (exact) mass is 283 g/mol. The van der Waals surface area contributed by atoms with Crippen molar-refractivity contribution in [2.24, 2.45) is 0 Å². The van der Waals surface area contributed by atoms with Crippen molar-refractivity contribution >= 4 is 17.3 Å². The summed E-state index contributed by atoms with van der Waals surface area (Å²) in [5.74, 6) is -1.17. The van der Waals surface area contributed by atoms with Gasteiger partial charge < -0.3 is 9.84 Å². The van der Waals surface area contributed by atoms with E-state index in [0.717, 1.165) is 41.3 Å². The molecule has 0 aromatic carbocycles. The maximum atomic E-state index is 11.3. The van der Waals surface area contributed by atoms with Gasteiger partial charge in [0.15, 0.2) is 0 Å². The van der Waals surface area contributed by atoms with Crippen LogP contribution in [-0.4, -0.2) is 22.7 Å². The Bertz CT molecular complexity index is 438. The molecule has 0 bridgehead atoms. The molecule has 1 aromatic heterocycles. The Morgan fingerprint density at radius 1 is 1.58 bits per heavy atom. The number of aromatic nitrogens is 1. The molecule has 1 aliphatic rings. The molecule has 1 aromatic rings. The molecule has 2 rings (SSSR count). The van der Waals surface area contributed by atoms with Gasteiger partial charge in [-0.3, -0.25) is 4.79 Å². The van der Waals surface area contributed by atoms with E-state index in [1.165, 1.54) is 0 Å². The first-order chi connectivity index (χ1) is 9.17. The van der Waals surface area contributed by atoms with Crippen LogP contribution >= 0.6 is 11.3 Å². The number of fused-ring (bicyclic) bond motifs is 1. The first-order valence-corrected chi connectivity index (χ1v) is 7.82. The predicted octanol–water partition coefficient (Wildman–Crippen LogP) is 3.53. The highest BCUT2D eigenvalue weighted by atomic mass is 32.1. The molecule has 1 N–H and O–H groups in total. The van der Waals surface area contributed by atoms with Crippen LogP contribution in [0.3, 0.4) is 0 Å². The largest absolute Gasteiger partial charge is 0.481 e. The number of ether oxygens (including phenoxy) is 1. The first-order valence-electron chi connectivity index (χ1n) is 7.01. The second-order valence-corrected chi connectivity index (χ2v) is 5.99. The smallest absolute Gasteiger partial charge is 0.312 e. The van der Waals surface area contributed by atoms with Gasteiger partial charge in [0.2, 0.25) is 0 Å². The van der Waals surface area contributed by atoms with E-state index in [1.807, 2.05) is 6.92 Å². The molecule has 2 atom stereocenters. The van der Waals surface area contributed by atoms with E-state index in [9.17, 15) is 9.90 Å². The normalized spacial score (nSPS) is 20.0. The van der Waals surface area contributed by atoms with Crippen molar-refractivity contribution in [3.8, 4) is 0 Å². The van der Waals surface area contributed by atoms with Crippen molar-refractivity contribution in [2.75, 3.05) is 6.61 Å². The Hall–Kier alpha value is -0.940. The summed E-state index contributed by atoms with van der Waals surface area (Å²) in [5.41, 5.74) is 0.791. The Morgan fingerprint density at radius 2 is 2.37 bits per heavy atom. The summed E-state index contributed by atoms with van der Waals surface area (Å²) in [7, 11) is 0. The van der Waals surface area contributed by atoms with E-state index in [-0.39, 0.29) is 6.10 Å². The lowest BCUT2D eigenvalue weighted by atomic mass is 9.91. The second kappa shape index (κ2) is 6.48. The Labute approximate surface area is 117 Å². The Balaban J connectivity index is 2.26. The molecule has 5 heteroatoms. The number of rotatable bonds is 6. The standard InChI is InChI=1S/C14H21NO3S/c1-3-6-10(18-4-2)13-15-12-9(14(16)17)7-5-8-11(12)19-13/h9-10H,3-8H2,1-2H3,(H,16,17). The molecule has 2 unspecified atom stereocenters. The lowest BCUT2D eigenvalue weighted by molar-refractivity contribution is -0.139. The molecule has 0 radical (unpaired) electrons. The third-order valence-electron chi connectivity index (χ3n) is 3.46. The number of carboxylic acids is 1. The molecule has 0 fully saturated rings. The molecule has 106 valence electrons. The van der Waals surface area contributed by atoms with Gasteiger partial charge in [0, 0.05) is 11.5 Å². The van der Waals surface area contributed by atoms with Crippen LogP contribution in [0.15, 0.2) is 0 Å². The minimum absolute atomic E-state index is 0.0278. The lowest BCUT2D eigenvalue weighted by Crippen LogP contribution is -2.17. The van der Waals surface area contributed by atoms with Crippen LogP contribution in [0.25, 0.3) is 0 Å². The van der Waals surface area contributed by atoms with Crippen LogP contribution in [0.5, 0.6) is 0 Å². The topological polar surface area (TPSA) is 59.4 Å². The van der Waals surface area contributed by atoms with Gasteiger partial charge in [-0.2, -0.15) is 0 Å². The zero-order valence-electron chi connectivity index (χ0n) is 11.5. The van der Waals surface area contributed by atoms with Crippen LogP contribution in [0, 0.1) is 0 Å². The number of hydrogen-bond donors (Lipinski definition) is 1. The van der Waals surface area contributed by atoms with Crippen LogP contribution in [0.4, 0.5) is 0 Å². The maximum Gasteiger partial charge on any atom is 0.312 e. The number of nitrogens with zero attached hydrogens (tertiary/aromatic N) is 1. The molecule has 0 saturated heterocycles. The lowest BCUT2D eigenvalue weighted by Gasteiger charge is -2.16. The fraction of sp³-hybridized carbons (Fsp3) is 0.714. The average molecular weight is 283 g/mol. The summed E-state index contributed by atoms with van der Waals surface area (Å²) in [6.07, 6.45) is 4.62. The summed E-state index contributed by atoms with van der Waals surface area (Å²) < 4.78 is 5.74. The van der Waals surface area contributed by atoms with Gasteiger partial charge in [-0.1, -0.05) is 13.3 Å². The van der Waals surface area contributed by atoms with Gasteiger partial charge in [0.05, 0.1) is 11.6 Å². The molecule has 0 saturated carbocycles. The number of thiazole rings is 1. The van der Waals surface area contributed by atoms with Crippen molar-refractivity contribution in [3.63, 3.8) is 0 Å². The van der Waals surface area contributed by atoms with Crippen molar-refractivity contribution in [1.82, 2.24) is 4.98 Å². The van der Waals surface area contributed by atoms with Gasteiger partial charge in [-0.05, 0) is 32.6 Å². The number of aliphatic carboxylic acids is 1. The van der Waals surface area contributed by atoms with E-state index in [1.54, 1.807) is 11.3 Å². The summed E-state index contributed by atoms with van der Waals surface area (Å²) in [6, 6.07) is 0. The highest BCUT2D eigenvalue weighted by Gasteiger charge is 2.31. The van der Waals surface area contributed by atoms with Crippen LogP contribution in [0.1, 0.15) is 67.1 Å². The van der Waals surface area contributed by atoms with E-state index in [2.05, 4.69) is 11.9 Å². The van der Waals surface area contributed by atoms with Crippen molar-refractivity contribution in [1.29, 1.82) is 0 Å². The highest BCUT2D eigenvalue weighted by molar-refractivity contribution is 7.11. The number of carboxylic acid groups (broad SMARTS) is 1. The summed E-state index contributed by atoms with van der Waals surface area (Å²) >= 11 is 1.65. The zero-order chi connectivity index (χ0) is 13.8. The molecular weight excluding hydrogens is 262 g/mol. The van der Waals surface area contributed by atoms with Crippen molar-refractivity contribution in [2.45, 2.75) is 58.0 Å². The molecule has 0 aliphatic heterocycles. The predicted molar refractivity (Wildman–Crippen MR) is 74.7 cm³/mol. The minimum atomic E-state index is -0.749. The van der Waals surface area contributed by atoms with E-state index in [0.29, 0.717) is 13.0 Å². The molecule has 1 aliphatic carbocycles. The van der Waals surface area contributed by atoms with Gasteiger partial charge in [0.25, 0.3) is 0 Å². The number of carbonyl (C=O) groups is 1. The third kappa shape index (κ3) is 3.15. The Kier molecular flexibility index (Phi) is 4.93. The van der Waals surface area contributed by atoms with Gasteiger partial charge in [0.1, 0.15) is 11.1 Å². The third-order valence-corrected chi connectivity index (χ3v) is 4.69. The van der Waals surface area contributed by atoms with Crippen molar-refractivity contribution in [3.05, 3.63) is 15.6 Å². The van der Waals surface area contributed by atoms with Crippen molar-refractivity contribution < 1.29 is 14.6 Å². The summed E-state index contributed by atoms with van der Waals surface area (Å²) in [4.78, 5) is 17.0. The average Bonchev–Trinajstić information content (AvgIpc) is 2.81. The highest BCUT2D eigenvalue weighted by Crippen LogP contribution is 2.38. The van der Waals surface area contributed by atoms with Crippen LogP contribution < -0.4 is 0 Å². The number of hydrogen-bond acceptors (Lipinski definition) is 4. The molecule has 0 spiro atoms. The molecule has 19 heavy (non-hydrogen) atoms. The molecular formula is C14H21NO3S. The Morgan fingerprint density at radius 3 is 3.00 bits per heavy atom. The van der Waals surface area contributed by atoms with Crippen LogP contribution in [-0.2, 0) is 16.0 Å². The van der Waals surface area contributed by atoms with Crippen LogP contribution in [0.2, 0.25) is 0 Å². The first kappa shape index (κ1) is 14.5.